The predicted octanol–water partition coefficient (Wildman–Crippen LogP) is 3.81. The van der Waals surface area contributed by atoms with E-state index in [0.717, 1.165) is 17.7 Å². The van der Waals surface area contributed by atoms with Crippen LogP contribution in [0.3, 0.4) is 0 Å². The van der Waals surface area contributed by atoms with Crippen molar-refractivity contribution in [2.24, 2.45) is 0 Å². The highest BCUT2D eigenvalue weighted by Crippen LogP contribution is 2.26. The molecule has 0 aliphatic carbocycles. The van der Waals surface area contributed by atoms with E-state index in [1.165, 1.54) is 0 Å². The van der Waals surface area contributed by atoms with Gasteiger partial charge in [-0.05, 0) is 37.1 Å². The number of carbonyl (C=O) groups excluding carboxylic acids is 1. The summed E-state index contributed by atoms with van der Waals surface area (Å²) >= 11 is 5.90. The van der Waals surface area contributed by atoms with E-state index in [1.807, 2.05) is 49.4 Å². The molecule has 2 aromatic carbocycles. The summed E-state index contributed by atoms with van der Waals surface area (Å²) < 4.78 is 6.09. The Morgan fingerprint density at radius 2 is 1.88 bits per heavy atom. The molecular formula is C21H25ClN2O2. The van der Waals surface area contributed by atoms with Crippen LogP contribution in [0.15, 0.2) is 54.6 Å². The fraction of sp³-hybridized carbons (Fsp3) is 0.381. The van der Waals surface area contributed by atoms with Crippen molar-refractivity contribution in [1.29, 1.82) is 0 Å². The lowest BCUT2D eigenvalue weighted by atomic mass is 10.1. The smallest absolute Gasteiger partial charge is 0.237 e. The molecule has 0 saturated carbocycles. The van der Waals surface area contributed by atoms with Gasteiger partial charge in [-0.25, -0.2) is 0 Å². The first-order valence-electron chi connectivity index (χ1n) is 8.99. The topological polar surface area (TPSA) is 41.6 Å². The van der Waals surface area contributed by atoms with Gasteiger partial charge in [0.25, 0.3) is 0 Å². The summed E-state index contributed by atoms with van der Waals surface area (Å²) in [6.07, 6.45) is 0.0759. The standard InChI is InChI=1S/C21H25ClN2O2/c1-15-13-24(14-20(26-15)18-6-4-3-5-7-18)16(2)21(25)23-12-17-8-10-19(22)11-9-17/h3-11,15-16,20H,12-14H2,1-2H3,(H,23,25). The molecule has 138 valence electrons. The fourth-order valence-corrected chi connectivity index (χ4v) is 3.38. The molecule has 1 amide bonds. The fourth-order valence-electron chi connectivity index (χ4n) is 3.26. The van der Waals surface area contributed by atoms with Gasteiger partial charge in [0.1, 0.15) is 0 Å². The maximum atomic E-state index is 12.6. The van der Waals surface area contributed by atoms with Gasteiger partial charge in [0.2, 0.25) is 5.91 Å². The molecule has 1 fully saturated rings. The van der Waals surface area contributed by atoms with Crippen molar-refractivity contribution in [3.05, 3.63) is 70.7 Å². The monoisotopic (exact) mass is 372 g/mol. The number of nitrogens with one attached hydrogen (secondary N) is 1. The van der Waals surface area contributed by atoms with Crippen molar-refractivity contribution in [2.75, 3.05) is 13.1 Å². The zero-order valence-corrected chi connectivity index (χ0v) is 15.9. The normalized spacial score (nSPS) is 22.0. The lowest BCUT2D eigenvalue weighted by molar-refractivity contribution is -0.133. The van der Waals surface area contributed by atoms with Crippen LogP contribution >= 0.6 is 11.6 Å². The Labute approximate surface area is 160 Å². The summed E-state index contributed by atoms with van der Waals surface area (Å²) in [5.41, 5.74) is 2.19. The number of ether oxygens (including phenoxy) is 1. The Kier molecular flexibility index (Phi) is 6.30. The van der Waals surface area contributed by atoms with Crippen molar-refractivity contribution in [1.82, 2.24) is 10.2 Å². The average molecular weight is 373 g/mol. The molecular weight excluding hydrogens is 348 g/mol. The number of halogens is 1. The van der Waals surface area contributed by atoms with Gasteiger partial charge < -0.3 is 10.1 Å². The third-order valence-electron chi connectivity index (χ3n) is 4.77. The van der Waals surface area contributed by atoms with E-state index < -0.39 is 0 Å². The van der Waals surface area contributed by atoms with Crippen LogP contribution < -0.4 is 5.32 Å². The van der Waals surface area contributed by atoms with Gasteiger partial charge in [0.15, 0.2) is 0 Å². The molecule has 5 heteroatoms. The van der Waals surface area contributed by atoms with Crippen molar-refractivity contribution < 1.29 is 9.53 Å². The Morgan fingerprint density at radius 3 is 2.58 bits per heavy atom. The minimum absolute atomic E-state index is 0.00790. The van der Waals surface area contributed by atoms with Gasteiger partial charge in [-0.3, -0.25) is 9.69 Å². The van der Waals surface area contributed by atoms with Gasteiger partial charge in [0.05, 0.1) is 18.2 Å². The molecule has 1 N–H and O–H groups in total. The van der Waals surface area contributed by atoms with Gasteiger partial charge in [-0.15, -0.1) is 0 Å². The summed E-state index contributed by atoms with van der Waals surface area (Å²) in [5, 5.41) is 3.72. The van der Waals surface area contributed by atoms with Crippen LogP contribution in [0.4, 0.5) is 0 Å². The lowest BCUT2D eigenvalue weighted by Gasteiger charge is -2.39. The quantitative estimate of drug-likeness (QED) is 0.867. The number of nitrogens with zero attached hydrogens (tertiary/aromatic N) is 1. The molecule has 4 nitrogen and oxygen atoms in total. The summed E-state index contributed by atoms with van der Waals surface area (Å²) in [7, 11) is 0. The molecule has 0 bridgehead atoms. The minimum atomic E-state index is -0.208. The molecule has 3 atom stereocenters. The molecule has 3 unspecified atom stereocenters. The second-order valence-corrected chi connectivity index (χ2v) is 7.26. The van der Waals surface area contributed by atoms with Gasteiger partial charge in [-0.2, -0.15) is 0 Å². The van der Waals surface area contributed by atoms with Crippen LogP contribution in [0.5, 0.6) is 0 Å². The zero-order valence-electron chi connectivity index (χ0n) is 15.2. The second kappa shape index (κ2) is 8.67. The van der Waals surface area contributed by atoms with Crippen LogP contribution in [0.1, 0.15) is 31.1 Å². The molecule has 0 aromatic heterocycles. The first-order valence-corrected chi connectivity index (χ1v) is 9.37. The predicted molar refractivity (Wildman–Crippen MR) is 104 cm³/mol. The number of benzene rings is 2. The summed E-state index contributed by atoms with van der Waals surface area (Å²) in [6.45, 7) is 5.98. The van der Waals surface area contributed by atoms with Gasteiger partial charge >= 0.3 is 0 Å². The first-order chi connectivity index (χ1) is 12.5. The van der Waals surface area contributed by atoms with Crippen LogP contribution in [0, 0.1) is 0 Å². The SMILES string of the molecule is CC1CN(C(C)C(=O)NCc2ccc(Cl)cc2)CC(c2ccccc2)O1. The minimum Gasteiger partial charge on any atom is -0.368 e. The maximum Gasteiger partial charge on any atom is 0.237 e. The maximum absolute atomic E-state index is 12.6. The lowest BCUT2D eigenvalue weighted by Crippen LogP contribution is -2.52. The van der Waals surface area contributed by atoms with E-state index in [2.05, 4.69) is 29.3 Å². The summed E-state index contributed by atoms with van der Waals surface area (Å²) in [4.78, 5) is 14.8. The van der Waals surface area contributed by atoms with Crippen molar-refractivity contribution >= 4 is 17.5 Å². The average Bonchev–Trinajstić information content (AvgIpc) is 2.67. The number of hydrogen-bond acceptors (Lipinski definition) is 3. The number of rotatable bonds is 5. The zero-order chi connectivity index (χ0) is 18.5. The number of morpholine rings is 1. The van der Waals surface area contributed by atoms with Crippen LogP contribution in [0.25, 0.3) is 0 Å². The third kappa shape index (κ3) is 4.85. The number of hydrogen-bond donors (Lipinski definition) is 1. The molecule has 1 aliphatic heterocycles. The highest BCUT2D eigenvalue weighted by Gasteiger charge is 2.31. The molecule has 0 spiro atoms. The van der Waals surface area contributed by atoms with E-state index in [0.29, 0.717) is 18.1 Å². The second-order valence-electron chi connectivity index (χ2n) is 6.82. The van der Waals surface area contributed by atoms with Crippen LogP contribution in [-0.4, -0.2) is 36.0 Å². The van der Waals surface area contributed by atoms with E-state index in [9.17, 15) is 4.79 Å². The van der Waals surface area contributed by atoms with Crippen molar-refractivity contribution in [3.8, 4) is 0 Å². The molecule has 26 heavy (non-hydrogen) atoms. The summed E-state index contributed by atoms with van der Waals surface area (Å²) in [6, 6.07) is 17.5. The van der Waals surface area contributed by atoms with Crippen molar-refractivity contribution in [3.63, 3.8) is 0 Å². The molecule has 0 radical (unpaired) electrons. The molecule has 1 aliphatic rings. The van der Waals surface area contributed by atoms with E-state index in [-0.39, 0.29) is 24.2 Å². The van der Waals surface area contributed by atoms with Crippen LogP contribution in [0.2, 0.25) is 5.02 Å². The molecule has 2 aromatic rings. The third-order valence-corrected chi connectivity index (χ3v) is 5.02. The van der Waals surface area contributed by atoms with Gasteiger partial charge in [-0.1, -0.05) is 54.1 Å². The van der Waals surface area contributed by atoms with Crippen molar-refractivity contribution in [2.45, 2.75) is 38.6 Å². The van der Waals surface area contributed by atoms with E-state index in [4.69, 9.17) is 16.3 Å². The highest BCUT2D eigenvalue weighted by atomic mass is 35.5. The Bertz CT molecular complexity index is 721. The Hall–Kier alpha value is -1.88. The van der Waals surface area contributed by atoms with Crippen LogP contribution in [-0.2, 0) is 16.1 Å². The van der Waals surface area contributed by atoms with E-state index in [1.54, 1.807) is 0 Å². The summed E-state index contributed by atoms with van der Waals surface area (Å²) in [5.74, 6) is 0.0286. The number of carbonyl (C=O) groups is 1. The molecule has 1 saturated heterocycles. The largest absolute Gasteiger partial charge is 0.368 e. The van der Waals surface area contributed by atoms with Gasteiger partial charge in [0, 0.05) is 24.7 Å². The first kappa shape index (κ1) is 18.9. The highest BCUT2D eigenvalue weighted by molar-refractivity contribution is 6.30. The Morgan fingerprint density at radius 1 is 1.19 bits per heavy atom. The van der Waals surface area contributed by atoms with E-state index >= 15 is 0 Å². The number of amides is 1. The molecule has 1 heterocycles. The Balaban J connectivity index is 1.59. The molecule has 3 rings (SSSR count).